The lowest BCUT2D eigenvalue weighted by Crippen LogP contribution is -2.38. The number of sulfonamides is 1. The summed E-state index contributed by atoms with van der Waals surface area (Å²) in [6.45, 7) is 3.71. The van der Waals surface area contributed by atoms with Crippen molar-refractivity contribution in [3.8, 4) is 0 Å². The second-order valence-electron chi connectivity index (χ2n) is 5.46. The van der Waals surface area contributed by atoms with Gasteiger partial charge in [-0.2, -0.15) is 8.70 Å². The Morgan fingerprint density at radius 3 is 2.52 bits per heavy atom. The number of hydrogen-bond donors (Lipinski definition) is 0. The van der Waals surface area contributed by atoms with E-state index in [1.807, 2.05) is 0 Å². The zero-order valence-corrected chi connectivity index (χ0v) is 12.6. The Kier molecular flexibility index (Phi) is 4.29. The van der Waals surface area contributed by atoms with E-state index in [2.05, 4.69) is 0 Å². The van der Waals surface area contributed by atoms with E-state index in [-0.39, 0.29) is 12.0 Å². The van der Waals surface area contributed by atoms with Crippen LogP contribution in [0.4, 0.5) is 10.1 Å². The molecule has 1 fully saturated rings. The summed E-state index contributed by atoms with van der Waals surface area (Å²) in [7, 11) is -4.10. The molecule has 6 nitrogen and oxygen atoms in total. The molecule has 1 saturated carbocycles. The summed E-state index contributed by atoms with van der Waals surface area (Å²) < 4.78 is 40.2. The molecule has 0 heterocycles. The lowest BCUT2D eigenvalue weighted by atomic mass is 10.3. The number of hydrogen-bond acceptors (Lipinski definition) is 4. The minimum Gasteiger partial charge on any atom is -0.258 e. The molecule has 0 radical (unpaired) electrons. The summed E-state index contributed by atoms with van der Waals surface area (Å²) in [6.07, 6.45) is 1.90. The Labute approximate surface area is 122 Å². The molecule has 0 aliphatic heterocycles. The van der Waals surface area contributed by atoms with Gasteiger partial charge in [-0.1, -0.05) is 6.07 Å². The molecule has 0 aromatic heterocycles. The zero-order chi connectivity index (χ0) is 15.8. The quantitative estimate of drug-likeness (QED) is 0.596. The third-order valence-corrected chi connectivity index (χ3v) is 5.50. The number of nitro benzene ring substituents is 1. The number of rotatable bonds is 6. The van der Waals surface area contributed by atoms with Crippen LogP contribution < -0.4 is 0 Å². The van der Waals surface area contributed by atoms with Gasteiger partial charge in [0, 0.05) is 12.6 Å². The molecule has 8 heteroatoms. The largest absolute Gasteiger partial charge is 0.324 e. The Morgan fingerprint density at radius 2 is 2.05 bits per heavy atom. The highest BCUT2D eigenvalue weighted by Gasteiger charge is 2.38. The molecular formula is C13H17FN2O4S. The van der Waals surface area contributed by atoms with Gasteiger partial charge >= 0.3 is 5.69 Å². The van der Waals surface area contributed by atoms with Gasteiger partial charge in [0.25, 0.3) is 0 Å². The van der Waals surface area contributed by atoms with Crippen molar-refractivity contribution in [2.24, 2.45) is 5.92 Å². The van der Waals surface area contributed by atoms with Gasteiger partial charge < -0.3 is 0 Å². The average molecular weight is 316 g/mol. The second kappa shape index (κ2) is 5.69. The molecule has 1 aromatic carbocycles. The molecule has 0 saturated heterocycles. The van der Waals surface area contributed by atoms with Gasteiger partial charge in [0.05, 0.1) is 4.92 Å². The van der Waals surface area contributed by atoms with Crippen molar-refractivity contribution < 1.29 is 17.7 Å². The molecule has 116 valence electrons. The van der Waals surface area contributed by atoms with Gasteiger partial charge in [-0.15, -0.1) is 0 Å². The Balaban J connectivity index is 2.51. The SMILES string of the molecule is CC(C)N(CC1CC1)S(=O)(=O)c1cccc(F)c1[N+](=O)[O-]. The summed E-state index contributed by atoms with van der Waals surface area (Å²) in [6, 6.07) is 2.79. The molecule has 0 unspecified atom stereocenters. The number of halogens is 1. The Morgan fingerprint density at radius 1 is 1.43 bits per heavy atom. The van der Waals surface area contributed by atoms with Crippen LogP contribution in [0.15, 0.2) is 23.1 Å². The molecule has 1 aromatic rings. The smallest absolute Gasteiger partial charge is 0.258 e. The van der Waals surface area contributed by atoms with Gasteiger partial charge in [0.2, 0.25) is 15.8 Å². The average Bonchev–Trinajstić information content (AvgIpc) is 3.18. The van der Waals surface area contributed by atoms with Crippen molar-refractivity contribution in [1.29, 1.82) is 0 Å². The first kappa shape index (κ1) is 15.8. The van der Waals surface area contributed by atoms with Crippen molar-refractivity contribution in [3.63, 3.8) is 0 Å². The Hall–Kier alpha value is -1.54. The van der Waals surface area contributed by atoms with E-state index in [4.69, 9.17) is 0 Å². The first-order chi connectivity index (χ1) is 9.75. The van der Waals surface area contributed by atoms with E-state index in [1.165, 1.54) is 10.4 Å². The van der Waals surface area contributed by atoms with Crippen LogP contribution in [-0.2, 0) is 10.0 Å². The van der Waals surface area contributed by atoms with Crippen LogP contribution in [-0.4, -0.2) is 30.2 Å². The monoisotopic (exact) mass is 316 g/mol. The third-order valence-electron chi connectivity index (χ3n) is 3.43. The van der Waals surface area contributed by atoms with Crippen LogP contribution in [0.5, 0.6) is 0 Å². The summed E-state index contributed by atoms with van der Waals surface area (Å²) >= 11 is 0. The minimum atomic E-state index is -4.10. The molecular weight excluding hydrogens is 299 g/mol. The lowest BCUT2D eigenvalue weighted by molar-refractivity contribution is -0.390. The lowest BCUT2D eigenvalue weighted by Gasteiger charge is -2.25. The maximum Gasteiger partial charge on any atom is 0.324 e. The van der Waals surface area contributed by atoms with E-state index >= 15 is 0 Å². The van der Waals surface area contributed by atoms with E-state index in [1.54, 1.807) is 13.8 Å². The van der Waals surface area contributed by atoms with Crippen molar-refractivity contribution >= 4 is 15.7 Å². The number of benzene rings is 1. The molecule has 21 heavy (non-hydrogen) atoms. The zero-order valence-electron chi connectivity index (χ0n) is 11.8. The number of para-hydroxylation sites is 1. The number of nitrogens with zero attached hydrogens (tertiary/aromatic N) is 2. The van der Waals surface area contributed by atoms with Gasteiger partial charge in [-0.05, 0) is 44.7 Å². The summed E-state index contributed by atoms with van der Waals surface area (Å²) in [4.78, 5) is 9.43. The first-order valence-corrected chi connectivity index (χ1v) is 8.14. The Bertz CT molecular complexity index is 656. The van der Waals surface area contributed by atoms with Crippen LogP contribution in [0.1, 0.15) is 26.7 Å². The van der Waals surface area contributed by atoms with E-state index in [0.717, 1.165) is 25.0 Å². The normalized spacial score (nSPS) is 15.7. The van der Waals surface area contributed by atoms with Crippen molar-refractivity contribution in [2.45, 2.75) is 37.6 Å². The van der Waals surface area contributed by atoms with Crippen LogP contribution in [0.2, 0.25) is 0 Å². The molecule has 0 atom stereocenters. The third kappa shape index (κ3) is 3.21. The maximum absolute atomic E-state index is 13.6. The fraction of sp³-hybridized carbons (Fsp3) is 0.538. The maximum atomic E-state index is 13.6. The van der Waals surface area contributed by atoms with Crippen LogP contribution in [0.3, 0.4) is 0 Å². The molecule has 1 aliphatic rings. The molecule has 0 N–H and O–H groups in total. The van der Waals surface area contributed by atoms with Crippen LogP contribution >= 0.6 is 0 Å². The summed E-state index contributed by atoms with van der Waals surface area (Å²) in [5.41, 5.74) is -0.987. The predicted molar refractivity (Wildman–Crippen MR) is 74.8 cm³/mol. The predicted octanol–water partition coefficient (Wildman–Crippen LogP) is 2.54. The van der Waals surface area contributed by atoms with Crippen LogP contribution in [0, 0.1) is 21.8 Å². The van der Waals surface area contributed by atoms with Gasteiger partial charge in [-0.3, -0.25) is 10.1 Å². The molecule has 0 amide bonds. The standard InChI is InChI=1S/C13H17FN2O4S/c1-9(2)15(8-10-6-7-10)21(19,20)12-5-3-4-11(14)13(12)16(17)18/h3-5,9-10H,6-8H2,1-2H3. The summed E-state index contributed by atoms with van der Waals surface area (Å²) in [5, 5.41) is 11.0. The molecule has 1 aliphatic carbocycles. The van der Waals surface area contributed by atoms with E-state index in [9.17, 15) is 22.9 Å². The number of nitro groups is 1. The highest BCUT2D eigenvalue weighted by Crippen LogP contribution is 2.35. The van der Waals surface area contributed by atoms with Crippen molar-refractivity contribution in [2.75, 3.05) is 6.54 Å². The molecule has 0 spiro atoms. The van der Waals surface area contributed by atoms with Crippen molar-refractivity contribution in [1.82, 2.24) is 4.31 Å². The fourth-order valence-electron chi connectivity index (χ4n) is 2.15. The van der Waals surface area contributed by atoms with E-state index < -0.39 is 31.3 Å². The molecule has 0 bridgehead atoms. The summed E-state index contributed by atoms with van der Waals surface area (Å²) in [5.74, 6) is -0.856. The fourth-order valence-corrected chi connectivity index (χ4v) is 4.03. The second-order valence-corrected chi connectivity index (χ2v) is 7.31. The van der Waals surface area contributed by atoms with Gasteiger partial charge in [0.15, 0.2) is 4.90 Å². The first-order valence-electron chi connectivity index (χ1n) is 6.70. The van der Waals surface area contributed by atoms with Crippen molar-refractivity contribution in [3.05, 3.63) is 34.1 Å². The molecule has 2 rings (SSSR count). The van der Waals surface area contributed by atoms with E-state index in [0.29, 0.717) is 6.54 Å². The minimum absolute atomic E-state index is 0.287. The topological polar surface area (TPSA) is 80.5 Å². The highest BCUT2D eigenvalue weighted by molar-refractivity contribution is 7.89. The van der Waals surface area contributed by atoms with Crippen LogP contribution in [0.25, 0.3) is 0 Å². The highest BCUT2D eigenvalue weighted by atomic mass is 32.2. The van der Waals surface area contributed by atoms with Gasteiger partial charge in [0.1, 0.15) is 0 Å². The van der Waals surface area contributed by atoms with Gasteiger partial charge in [-0.25, -0.2) is 8.42 Å².